The molecule has 2 aromatic rings. The number of fused-ring (bicyclic) bond motifs is 2. The second kappa shape index (κ2) is 7.62. The van der Waals surface area contributed by atoms with Gasteiger partial charge in [0, 0.05) is 11.8 Å². The van der Waals surface area contributed by atoms with Gasteiger partial charge >= 0.3 is 0 Å². The number of benzene rings is 2. The minimum absolute atomic E-state index is 0.0148. The van der Waals surface area contributed by atoms with E-state index in [1.165, 1.54) is 0 Å². The van der Waals surface area contributed by atoms with Crippen LogP contribution in [0.3, 0.4) is 0 Å². The Kier molecular flexibility index (Phi) is 5.30. The SMILES string of the molecule is O=C1Nc2ccccc2N(C(=O)CCCCCBr)c2ccccc21. The van der Waals surface area contributed by atoms with Crippen molar-refractivity contribution in [1.82, 2.24) is 0 Å². The maximum absolute atomic E-state index is 12.9. The van der Waals surface area contributed by atoms with E-state index in [9.17, 15) is 9.59 Å². The first-order chi connectivity index (χ1) is 11.7. The smallest absolute Gasteiger partial charge is 0.257 e. The molecule has 4 nitrogen and oxygen atoms in total. The van der Waals surface area contributed by atoms with Gasteiger partial charge in [-0.3, -0.25) is 14.5 Å². The van der Waals surface area contributed by atoms with Crippen molar-refractivity contribution in [2.45, 2.75) is 25.7 Å². The molecule has 0 aliphatic carbocycles. The number of amides is 2. The van der Waals surface area contributed by atoms with Gasteiger partial charge in [0.2, 0.25) is 5.91 Å². The molecule has 1 heterocycles. The Labute approximate surface area is 150 Å². The molecule has 3 rings (SSSR count). The summed E-state index contributed by atoms with van der Waals surface area (Å²) in [5.41, 5.74) is 2.54. The van der Waals surface area contributed by atoms with Gasteiger partial charge in [0.05, 0.1) is 22.6 Å². The molecule has 0 spiro atoms. The van der Waals surface area contributed by atoms with Gasteiger partial charge in [-0.05, 0) is 37.1 Å². The third-order valence-corrected chi connectivity index (χ3v) is 4.62. The highest BCUT2D eigenvalue weighted by molar-refractivity contribution is 9.09. The van der Waals surface area contributed by atoms with Gasteiger partial charge in [-0.15, -0.1) is 0 Å². The quantitative estimate of drug-likeness (QED) is 0.588. The Morgan fingerprint density at radius 1 is 0.958 bits per heavy atom. The van der Waals surface area contributed by atoms with Crippen molar-refractivity contribution in [2.24, 2.45) is 0 Å². The molecule has 0 atom stereocenters. The highest BCUT2D eigenvalue weighted by Gasteiger charge is 2.28. The summed E-state index contributed by atoms with van der Waals surface area (Å²) >= 11 is 3.41. The number of anilines is 3. The topological polar surface area (TPSA) is 49.4 Å². The van der Waals surface area contributed by atoms with E-state index < -0.39 is 0 Å². The van der Waals surface area contributed by atoms with E-state index in [-0.39, 0.29) is 11.8 Å². The van der Waals surface area contributed by atoms with Crippen molar-refractivity contribution in [3.8, 4) is 0 Å². The lowest BCUT2D eigenvalue weighted by Crippen LogP contribution is -2.26. The average Bonchev–Trinajstić information content (AvgIpc) is 2.73. The molecule has 0 aromatic heterocycles. The van der Waals surface area contributed by atoms with Gasteiger partial charge in [0.15, 0.2) is 0 Å². The number of alkyl halides is 1. The second-order valence-corrected chi connectivity index (χ2v) is 6.51. The first-order valence-electron chi connectivity index (χ1n) is 8.10. The summed E-state index contributed by atoms with van der Waals surface area (Å²) in [4.78, 5) is 27.1. The third-order valence-electron chi connectivity index (χ3n) is 4.06. The monoisotopic (exact) mass is 386 g/mol. The zero-order valence-corrected chi connectivity index (χ0v) is 14.9. The van der Waals surface area contributed by atoms with Crippen LogP contribution in [0.2, 0.25) is 0 Å². The predicted octanol–water partition coefficient (Wildman–Crippen LogP) is 4.87. The Bertz CT molecular complexity index is 761. The largest absolute Gasteiger partial charge is 0.320 e. The third kappa shape index (κ3) is 3.36. The molecule has 0 saturated carbocycles. The van der Waals surface area contributed by atoms with Crippen LogP contribution in [0.4, 0.5) is 17.1 Å². The summed E-state index contributed by atoms with van der Waals surface area (Å²) < 4.78 is 0. The number of unbranched alkanes of at least 4 members (excludes halogenated alkanes) is 2. The van der Waals surface area contributed by atoms with Gasteiger partial charge in [-0.2, -0.15) is 0 Å². The lowest BCUT2D eigenvalue weighted by Gasteiger charge is -2.24. The molecule has 1 aliphatic rings. The fourth-order valence-electron chi connectivity index (χ4n) is 2.88. The van der Waals surface area contributed by atoms with Crippen LogP contribution in [-0.2, 0) is 4.79 Å². The molecular weight excluding hydrogens is 368 g/mol. The Morgan fingerprint density at radius 2 is 1.67 bits per heavy atom. The molecule has 2 aromatic carbocycles. The van der Waals surface area contributed by atoms with Crippen LogP contribution in [0.25, 0.3) is 0 Å². The molecule has 124 valence electrons. The van der Waals surface area contributed by atoms with E-state index in [4.69, 9.17) is 0 Å². The number of rotatable bonds is 5. The van der Waals surface area contributed by atoms with Crippen LogP contribution in [0.1, 0.15) is 36.0 Å². The Balaban J connectivity index is 1.98. The molecule has 0 radical (unpaired) electrons. The van der Waals surface area contributed by atoms with E-state index in [2.05, 4.69) is 21.2 Å². The predicted molar refractivity (Wildman–Crippen MR) is 100 cm³/mol. The summed E-state index contributed by atoms with van der Waals surface area (Å²) in [6.45, 7) is 0. The van der Waals surface area contributed by atoms with E-state index in [1.54, 1.807) is 11.0 Å². The molecule has 0 fully saturated rings. The van der Waals surface area contributed by atoms with E-state index in [1.807, 2.05) is 42.5 Å². The Morgan fingerprint density at radius 3 is 2.46 bits per heavy atom. The number of nitrogens with one attached hydrogen (secondary N) is 1. The summed E-state index contributed by atoms with van der Waals surface area (Å²) in [7, 11) is 0. The molecule has 24 heavy (non-hydrogen) atoms. The number of carbonyl (C=O) groups is 2. The second-order valence-electron chi connectivity index (χ2n) is 5.72. The Hall–Kier alpha value is -2.14. The standard InChI is InChI=1S/C19H19BrN2O2/c20-13-7-1-2-12-18(23)22-16-10-5-3-8-14(16)19(24)21-15-9-4-6-11-17(15)22/h3-6,8-11H,1-2,7,12-13H2,(H,21,24). The first kappa shape index (κ1) is 16.7. The maximum atomic E-state index is 12.9. The molecular formula is C19H19BrN2O2. The highest BCUT2D eigenvalue weighted by Crippen LogP contribution is 2.38. The van der Waals surface area contributed by atoms with Crippen LogP contribution in [0.5, 0.6) is 0 Å². The van der Waals surface area contributed by atoms with Crippen LogP contribution < -0.4 is 10.2 Å². The molecule has 2 amide bonds. The van der Waals surface area contributed by atoms with Crippen molar-refractivity contribution in [2.75, 3.05) is 15.5 Å². The average molecular weight is 387 g/mol. The highest BCUT2D eigenvalue weighted by atomic mass is 79.9. The van der Waals surface area contributed by atoms with Crippen molar-refractivity contribution in [3.05, 3.63) is 54.1 Å². The van der Waals surface area contributed by atoms with Crippen LogP contribution in [0.15, 0.2) is 48.5 Å². The number of nitrogens with zero attached hydrogens (tertiary/aromatic N) is 1. The van der Waals surface area contributed by atoms with Crippen molar-refractivity contribution < 1.29 is 9.59 Å². The minimum Gasteiger partial charge on any atom is -0.320 e. The van der Waals surface area contributed by atoms with Crippen molar-refractivity contribution in [1.29, 1.82) is 0 Å². The van der Waals surface area contributed by atoms with Crippen LogP contribution in [0, 0.1) is 0 Å². The van der Waals surface area contributed by atoms with Gasteiger partial charge < -0.3 is 5.32 Å². The number of para-hydroxylation sites is 3. The zero-order valence-electron chi connectivity index (χ0n) is 13.3. The van der Waals surface area contributed by atoms with Crippen LogP contribution >= 0.6 is 15.9 Å². The fraction of sp³-hybridized carbons (Fsp3) is 0.263. The first-order valence-corrected chi connectivity index (χ1v) is 9.23. The molecule has 0 saturated heterocycles. The number of hydrogen-bond donors (Lipinski definition) is 1. The number of carbonyl (C=O) groups excluding carboxylic acids is 2. The molecule has 1 aliphatic heterocycles. The van der Waals surface area contributed by atoms with Gasteiger partial charge in [-0.1, -0.05) is 46.6 Å². The van der Waals surface area contributed by atoms with Crippen LogP contribution in [-0.4, -0.2) is 17.1 Å². The number of halogens is 1. The fourth-order valence-corrected chi connectivity index (χ4v) is 3.28. The molecule has 5 heteroatoms. The molecule has 0 unspecified atom stereocenters. The van der Waals surface area contributed by atoms with E-state index in [0.717, 1.165) is 30.3 Å². The summed E-state index contributed by atoms with van der Waals surface area (Å²) in [6.07, 6.45) is 3.36. The summed E-state index contributed by atoms with van der Waals surface area (Å²) in [6, 6.07) is 14.7. The molecule has 1 N–H and O–H groups in total. The van der Waals surface area contributed by atoms with Crippen molar-refractivity contribution in [3.63, 3.8) is 0 Å². The number of hydrogen-bond acceptors (Lipinski definition) is 2. The minimum atomic E-state index is -0.187. The summed E-state index contributed by atoms with van der Waals surface area (Å²) in [5.74, 6) is -0.173. The molecule has 0 bridgehead atoms. The van der Waals surface area contributed by atoms with Gasteiger partial charge in [0.1, 0.15) is 0 Å². The van der Waals surface area contributed by atoms with E-state index in [0.29, 0.717) is 23.4 Å². The lowest BCUT2D eigenvalue weighted by atomic mass is 10.1. The zero-order chi connectivity index (χ0) is 16.9. The maximum Gasteiger partial charge on any atom is 0.257 e. The normalized spacial score (nSPS) is 12.9. The van der Waals surface area contributed by atoms with Gasteiger partial charge in [0.25, 0.3) is 5.91 Å². The van der Waals surface area contributed by atoms with Crippen molar-refractivity contribution >= 4 is 44.8 Å². The lowest BCUT2D eigenvalue weighted by molar-refractivity contribution is -0.118. The van der Waals surface area contributed by atoms with E-state index >= 15 is 0 Å². The van der Waals surface area contributed by atoms with Gasteiger partial charge in [-0.25, -0.2) is 0 Å². The summed E-state index contributed by atoms with van der Waals surface area (Å²) in [5, 5.41) is 3.85.